The molecule has 0 radical (unpaired) electrons. The molecule has 0 saturated carbocycles. The van der Waals surface area contributed by atoms with Gasteiger partial charge in [-0.3, -0.25) is 0 Å². The van der Waals surface area contributed by atoms with Crippen molar-refractivity contribution in [2.45, 2.75) is 19.8 Å². The number of rotatable bonds is 4. The van der Waals surface area contributed by atoms with Crippen molar-refractivity contribution in [3.8, 4) is 11.6 Å². The summed E-state index contributed by atoms with van der Waals surface area (Å²) < 4.78 is 10.3. The minimum absolute atomic E-state index is 0.164. The Morgan fingerprint density at radius 3 is 2.43 bits per heavy atom. The average molecular weight is 286 g/mol. The van der Waals surface area contributed by atoms with Crippen LogP contribution in [0.25, 0.3) is 0 Å². The molecule has 0 spiro atoms. The summed E-state index contributed by atoms with van der Waals surface area (Å²) in [5, 5.41) is 0. The Labute approximate surface area is 123 Å². The fraction of sp³-hybridized carbons (Fsp3) is 0.250. The van der Waals surface area contributed by atoms with Crippen molar-refractivity contribution in [2.24, 2.45) is 0 Å². The minimum atomic E-state index is -0.519. The van der Waals surface area contributed by atoms with Crippen molar-refractivity contribution in [3.63, 3.8) is 0 Å². The predicted molar refractivity (Wildman–Crippen MR) is 80.6 cm³/mol. The van der Waals surface area contributed by atoms with Crippen molar-refractivity contribution in [3.05, 3.63) is 47.7 Å². The minimum Gasteiger partial charge on any atom is -0.465 e. The number of anilines is 1. The van der Waals surface area contributed by atoms with Gasteiger partial charge in [-0.15, -0.1) is 0 Å². The fourth-order valence-electron chi connectivity index (χ4n) is 1.86. The molecule has 0 amide bonds. The molecule has 21 heavy (non-hydrogen) atoms. The number of aromatic nitrogens is 1. The Balaban J connectivity index is 2.25. The van der Waals surface area contributed by atoms with Crippen LogP contribution in [0.15, 0.2) is 36.5 Å². The number of methoxy groups -OCH3 is 1. The number of hydrogen-bond acceptors (Lipinski definition) is 5. The van der Waals surface area contributed by atoms with Gasteiger partial charge in [-0.05, 0) is 29.7 Å². The van der Waals surface area contributed by atoms with Crippen LogP contribution in [0.4, 0.5) is 5.69 Å². The van der Waals surface area contributed by atoms with Crippen LogP contribution in [0.3, 0.4) is 0 Å². The topological polar surface area (TPSA) is 74.4 Å². The van der Waals surface area contributed by atoms with Crippen molar-refractivity contribution in [1.82, 2.24) is 4.98 Å². The molecular weight excluding hydrogens is 268 g/mol. The zero-order valence-electron chi connectivity index (χ0n) is 12.3. The van der Waals surface area contributed by atoms with Crippen LogP contribution in [0.2, 0.25) is 0 Å². The Morgan fingerprint density at radius 1 is 1.19 bits per heavy atom. The number of benzene rings is 1. The Hall–Kier alpha value is -2.56. The lowest BCUT2D eigenvalue weighted by Crippen LogP contribution is -2.07. The summed E-state index contributed by atoms with van der Waals surface area (Å²) in [4.78, 5) is 15.6. The van der Waals surface area contributed by atoms with Gasteiger partial charge in [0.1, 0.15) is 11.4 Å². The van der Waals surface area contributed by atoms with E-state index in [1.807, 2.05) is 24.3 Å². The first-order chi connectivity index (χ1) is 10.0. The second kappa shape index (κ2) is 6.26. The highest BCUT2D eigenvalue weighted by Crippen LogP contribution is 2.28. The fourth-order valence-corrected chi connectivity index (χ4v) is 1.86. The normalized spacial score (nSPS) is 10.5. The van der Waals surface area contributed by atoms with Crippen molar-refractivity contribution in [2.75, 3.05) is 12.8 Å². The first-order valence-electron chi connectivity index (χ1n) is 6.63. The number of carbonyl (C=O) groups is 1. The van der Waals surface area contributed by atoms with Gasteiger partial charge in [-0.25, -0.2) is 9.78 Å². The molecule has 0 atom stereocenters. The zero-order valence-corrected chi connectivity index (χ0v) is 12.3. The van der Waals surface area contributed by atoms with Crippen LogP contribution in [-0.4, -0.2) is 18.1 Å². The van der Waals surface area contributed by atoms with Crippen molar-refractivity contribution in [1.29, 1.82) is 0 Å². The number of nitrogen functional groups attached to an aromatic ring is 1. The molecule has 1 aromatic heterocycles. The number of ether oxygens (including phenoxy) is 2. The van der Waals surface area contributed by atoms with Crippen LogP contribution >= 0.6 is 0 Å². The Kier molecular flexibility index (Phi) is 4.42. The van der Waals surface area contributed by atoms with Gasteiger partial charge in [0, 0.05) is 6.20 Å². The molecule has 0 unspecified atom stereocenters. The van der Waals surface area contributed by atoms with Gasteiger partial charge in [0.25, 0.3) is 0 Å². The molecule has 110 valence electrons. The highest BCUT2D eigenvalue weighted by atomic mass is 16.5. The second-order valence-electron chi connectivity index (χ2n) is 4.89. The van der Waals surface area contributed by atoms with Gasteiger partial charge in [0.2, 0.25) is 5.88 Å². The van der Waals surface area contributed by atoms with E-state index in [0.29, 0.717) is 11.7 Å². The number of carbonyl (C=O) groups excluding carboxylic acids is 1. The van der Waals surface area contributed by atoms with Gasteiger partial charge in [-0.2, -0.15) is 0 Å². The molecule has 0 aliphatic carbocycles. The summed E-state index contributed by atoms with van der Waals surface area (Å²) in [7, 11) is 1.30. The molecule has 0 bridgehead atoms. The summed E-state index contributed by atoms with van der Waals surface area (Å²) in [6, 6.07) is 9.17. The molecule has 1 heterocycles. The maximum Gasteiger partial charge on any atom is 0.340 e. The molecule has 0 fully saturated rings. The standard InChI is InChI=1S/C16H18N2O3/c1-10(2)11-4-6-12(7-5-11)21-15-14(17)13(8-9-18-15)16(19)20-3/h4-10H,17H2,1-3H3. The Morgan fingerprint density at radius 2 is 1.86 bits per heavy atom. The third kappa shape index (κ3) is 3.31. The SMILES string of the molecule is COC(=O)c1ccnc(Oc2ccc(C(C)C)cc2)c1N. The average Bonchev–Trinajstić information content (AvgIpc) is 2.49. The van der Waals surface area contributed by atoms with Gasteiger partial charge >= 0.3 is 5.97 Å². The third-order valence-corrected chi connectivity index (χ3v) is 3.12. The monoisotopic (exact) mass is 286 g/mol. The smallest absolute Gasteiger partial charge is 0.340 e. The van der Waals surface area contributed by atoms with E-state index in [-0.39, 0.29) is 17.1 Å². The lowest BCUT2D eigenvalue weighted by molar-refractivity contribution is 0.0601. The first kappa shape index (κ1) is 14.8. The molecule has 0 aliphatic rings. The Bertz CT molecular complexity index is 636. The third-order valence-electron chi connectivity index (χ3n) is 3.12. The van der Waals surface area contributed by atoms with E-state index in [2.05, 4.69) is 23.6 Å². The van der Waals surface area contributed by atoms with Gasteiger partial charge in [0.15, 0.2) is 0 Å². The first-order valence-corrected chi connectivity index (χ1v) is 6.63. The highest BCUT2D eigenvalue weighted by Gasteiger charge is 2.15. The largest absolute Gasteiger partial charge is 0.465 e. The quantitative estimate of drug-likeness (QED) is 0.872. The molecule has 0 aliphatic heterocycles. The van der Waals surface area contributed by atoms with E-state index < -0.39 is 5.97 Å². The van der Waals surface area contributed by atoms with Gasteiger partial charge in [0.05, 0.1) is 12.7 Å². The highest BCUT2D eigenvalue weighted by molar-refractivity contribution is 5.96. The number of esters is 1. The van der Waals surface area contributed by atoms with Crippen molar-refractivity contribution >= 4 is 11.7 Å². The molecule has 1 aromatic carbocycles. The van der Waals surface area contributed by atoms with Crippen LogP contribution in [-0.2, 0) is 4.74 Å². The second-order valence-corrected chi connectivity index (χ2v) is 4.89. The number of nitrogens with zero attached hydrogens (tertiary/aromatic N) is 1. The summed E-state index contributed by atoms with van der Waals surface area (Å²) in [6.45, 7) is 4.24. The number of hydrogen-bond donors (Lipinski definition) is 1. The van der Waals surface area contributed by atoms with Crippen LogP contribution in [0, 0.1) is 0 Å². The molecule has 2 rings (SSSR count). The van der Waals surface area contributed by atoms with E-state index in [4.69, 9.17) is 10.5 Å². The molecule has 5 nitrogen and oxygen atoms in total. The van der Waals surface area contributed by atoms with Gasteiger partial charge < -0.3 is 15.2 Å². The van der Waals surface area contributed by atoms with E-state index in [9.17, 15) is 4.79 Å². The number of nitrogens with two attached hydrogens (primary N) is 1. The number of pyridine rings is 1. The van der Waals surface area contributed by atoms with Crippen LogP contribution in [0.5, 0.6) is 11.6 Å². The van der Waals surface area contributed by atoms with Crippen LogP contribution < -0.4 is 10.5 Å². The molecule has 0 saturated heterocycles. The predicted octanol–water partition coefficient (Wildman–Crippen LogP) is 3.37. The van der Waals surface area contributed by atoms with E-state index in [0.717, 1.165) is 0 Å². The van der Waals surface area contributed by atoms with E-state index >= 15 is 0 Å². The van der Waals surface area contributed by atoms with E-state index in [1.54, 1.807) is 0 Å². The summed E-state index contributed by atoms with van der Waals surface area (Å²) >= 11 is 0. The zero-order chi connectivity index (χ0) is 15.4. The van der Waals surface area contributed by atoms with E-state index in [1.165, 1.54) is 24.9 Å². The molecule has 5 heteroatoms. The maximum atomic E-state index is 11.6. The molecular formula is C16H18N2O3. The van der Waals surface area contributed by atoms with Crippen LogP contribution in [0.1, 0.15) is 35.7 Å². The maximum absolute atomic E-state index is 11.6. The lowest BCUT2D eigenvalue weighted by atomic mass is 10.0. The summed E-state index contributed by atoms with van der Waals surface area (Å²) in [6.07, 6.45) is 1.46. The lowest BCUT2D eigenvalue weighted by Gasteiger charge is -2.11. The van der Waals surface area contributed by atoms with Gasteiger partial charge in [-0.1, -0.05) is 26.0 Å². The summed E-state index contributed by atoms with van der Waals surface area (Å²) in [5.74, 6) is 0.732. The molecule has 2 aromatic rings. The molecule has 2 N–H and O–H groups in total. The van der Waals surface area contributed by atoms with Crippen molar-refractivity contribution < 1.29 is 14.3 Å². The summed E-state index contributed by atoms with van der Waals surface area (Å²) in [5.41, 5.74) is 7.51.